The summed E-state index contributed by atoms with van der Waals surface area (Å²) in [7, 11) is 0. The van der Waals surface area contributed by atoms with Gasteiger partial charge < -0.3 is 5.73 Å². The van der Waals surface area contributed by atoms with Crippen LogP contribution in [0.3, 0.4) is 0 Å². The lowest BCUT2D eigenvalue weighted by atomic mass is 10.1. The van der Waals surface area contributed by atoms with E-state index in [1.54, 1.807) is 11.3 Å². The smallest absolute Gasteiger partial charge is 0.193 e. The molecule has 1 aliphatic rings. The standard InChI is InChI=1S/C12H17N3S/c13-11(9-4-5-9)3-1-2-10-8-15-6-7-16-12(15)14-10/h6-9,11H,1-5,13H2. The number of nitrogens with two attached hydrogens (primary N) is 1. The number of aromatic nitrogens is 2. The molecule has 16 heavy (non-hydrogen) atoms. The highest BCUT2D eigenvalue weighted by molar-refractivity contribution is 7.15. The van der Waals surface area contributed by atoms with E-state index in [4.69, 9.17) is 5.73 Å². The average molecular weight is 235 g/mol. The molecule has 0 saturated heterocycles. The van der Waals surface area contributed by atoms with Crippen LogP contribution < -0.4 is 5.73 Å². The van der Waals surface area contributed by atoms with E-state index in [1.165, 1.54) is 25.0 Å². The Morgan fingerprint density at radius 1 is 1.56 bits per heavy atom. The van der Waals surface area contributed by atoms with Crippen LogP contribution in [0.4, 0.5) is 0 Å². The first-order chi connectivity index (χ1) is 7.83. The van der Waals surface area contributed by atoms with E-state index in [2.05, 4.69) is 27.2 Å². The molecule has 4 heteroatoms. The zero-order valence-corrected chi connectivity index (χ0v) is 10.1. The van der Waals surface area contributed by atoms with Gasteiger partial charge in [0.15, 0.2) is 4.96 Å². The minimum absolute atomic E-state index is 0.434. The van der Waals surface area contributed by atoms with Gasteiger partial charge in [0.1, 0.15) is 0 Å². The number of rotatable bonds is 5. The lowest BCUT2D eigenvalue weighted by Crippen LogP contribution is -2.22. The van der Waals surface area contributed by atoms with Gasteiger partial charge in [-0.05, 0) is 38.0 Å². The van der Waals surface area contributed by atoms with Crippen molar-refractivity contribution in [3.8, 4) is 0 Å². The zero-order valence-electron chi connectivity index (χ0n) is 9.30. The summed E-state index contributed by atoms with van der Waals surface area (Å²) in [6.45, 7) is 0. The van der Waals surface area contributed by atoms with Crippen molar-refractivity contribution < 1.29 is 0 Å². The molecule has 1 unspecified atom stereocenters. The molecule has 0 aliphatic heterocycles. The second-order valence-corrected chi connectivity index (χ2v) is 5.59. The molecular formula is C12H17N3S. The van der Waals surface area contributed by atoms with Crippen LogP contribution in [0.5, 0.6) is 0 Å². The van der Waals surface area contributed by atoms with Crippen LogP contribution in [-0.4, -0.2) is 15.4 Å². The van der Waals surface area contributed by atoms with Crippen LogP contribution in [-0.2, 0) is 6.42 Å². The highest BCUT2D eigenvalue weighted by Crippen LogP contribution is 2.33. The summed E-state index contributed by atoms with van der Waals surface area (Å²) >= 11 is 1.69. The lowest BCUT2D eigenvalue weighted by Gasteiger charge is -2.08. The fraction of sp³-hybridized carbons (Fsp3) is 0.583. The van der Waals surface area contributed by atoms with Crippen LogP contribution in [0.25, 0.3) is 4.96 Å². The molecule has 0 aromatic carbocycles. The van der Waals surface area contributed by atoms with Crippen molar-refractivity contribution in [1.29, 1.82) is 0 Å². The number of hydrogen-bond acceptors (Lipinski definition) is 3. The summed E-state index contributed by atoms with van der Waals surface area (Å²) in [6, 6.07) is 0.434. The molecule has 3 rings (SSSR count). The first kappa shape index (κ1) is 10.3. The zero-order chi connectivity index (χ0) is 11.0. The molecule has 2 aromatic heterocycles. The van der Waals surface area contributed by atoms with E-state index in [0.717, 1.165) is 23.7 Å². The van der Waals surface area contributed by atoms with Gasteiger partial charge in [-0.3, -0.25) is 4.40 Å². The van der Waals surface area contributed by atoms with Crippen molar-refractivity contribution in [2.75, 3.05) is 0 Å². The maximum absolute atomic E-state index is 6.07. The predicted molar refractivity (Wildman–Crippen MR) is 66.7 cm³/mol. The van der Waals surface area contributed by atoms with Gasteiger partial charge in [0, 0.05) is 23.8 Å². The summed E-state index contributed by atoms with van der Waals surface area (Å²) in [5.74, 6) is 0.825. The largest absolute Gasteiger partial charge is 0.327 e. The molecule has 1 saturated carbocycles. The molecule has 1 atom stereocenters. The molecule has 1 fully saturated rings. The number of fused-ring (bicyclic) bond motifs is 1. The van der Waals surface area contributed by atoms with E-state index < -0.39 is 0 Å². The Hall–Kier alpha value is -0.870. The monoisotopic (exact) mass is 235 g/mol. The van der Waals surface area contributed by atoms with Crippen LogP contribution in [0.1, 0.15) is 31.4 Å². The Morgan fingerprint density at radius 3 is 3.19 bits per heavy atom. The molecule has 0 bridgehead atoms. The number of aryl methyl sites for hydroxylation is 1. The first-order valence-corrected chi connectivity index (χ1v) is 6.87. The molecule has 2 heterocycles. The molecule has 1 aliphatic carbocycles. The second kappa shape index (κ2) is 4.18. The molecule has 0 spiro atoms. The predicted octanol–water partition coefficient (Wildman–Crippen LogP) is 2.46. The van der Waals surface area contributed by atoms with Crippen molar-refractivity contribution >= 4 is 16.3 Å². The average Bonchev–Trinajstić information content (AvgIpc) is 2.91. The van der Waals surface area contributed by atoms with Crippen LogP contribution in [0.2, 0.25) is 0 Å². The second-order valence-electron chi connectivity index (χ2n) is 4.72. The summed E-state index contributed by atoms with van der Waals surface area (Å²) in [5.41, 5.74) is 7.28. The van der Waals surface area contributed by atoms with Gasteiger partial charge >= 0.3 is 0 Å². The van der Waals surface area contributed by atoms with Gasteiger partial charge in [0.25, 0.3) is 0 Å². The molecule has 3 nitrogen and oxygen atoms in total. The van der Waals surface area contributed by atoms with Crippen molar-refractivity contribution in [3.05, 3.63) is 23.5 Å². The normalized spacial score (nSPS) is 18.1. The van der Waals surface area contributed by atoms with E-state index in [9.17, 15) is 0 Å². The lowest BCUT2D eigenvalue weighted by molar-refractivity contribution is 0.527. The minimum atomic E-state index is 0.434. The summed E-state index contributed by atoms with van der Waals surface area (Å²) in [6.07, 6.45) is 10.3. The Balaban J connectivity index is 1.52. The number of nitrogens with zero attached hydrogens (tertiary/aromatic N) is 2. The van der Waals surface area contributed by atoms with Gasteiger partial charge in [-0.2, -0.15) is 0 Å². The van der Waals surface area contributed by atoms with Crippen LogP contribution in [0.15, 0.2) is 17.8 Å². The minimum Gasteiger partial charge on any atom is -0.327 e. The van der Waals surface area contributed by atoms with Crippen LogP contribution >= 0.6 is 11.3 Å². The van der Waals surface area contributed by atoms with Crippen LogP contribution in [0, 0.1) is 5.92 Å². The SMILES string of the molecule is NC(CCCc1cn2ccsc2n1)C1CC1. The van der Waals surface area contributed by atoms with Gasteiger partial charge in [-0.25, -0.2) is 4.98 Å². The molecule has 86 valence electrons. The Kier molecular flexibility index (Phi) is 2.69. The highest BCUT2D eigenvalue weighted by atomic mass is 32.1. The number of hydrogen-bond donors (Lipinski definition) is 1. The maximum Gasteiger partial charge on any atom is 0.193 e. The Bertz CT molecular complexity index is 441. The maximum atomic E-state index is 6.07. The molecule has 0 amide bonds. The van der Waals surface area contributed by atoms with Gasteiger partial charge in [0.2, 0.25) is 0 Å². The van der Waals surface area contributed by atoms with Gasteiger partial charge in [-0.1, -0.05) is 0 Å². The number of thiazole rings is 1. The van der Waals surface area contributed by atoms with Gasteiger partial charge in [0.05, 0.1) is 5.69 Å². The Labute approximate surface area is 99.3 Å². The van der Waals surface area contributed by atoms with Crippen molar-refractivity contribution in [2.24, 2.45) is 11.7 Å². The number of imidazole rings is 1. The molecule has 2 aromatic rings. The van der Waals surface area contributed by atoms with E-state index in [-0.39, 0.29) is 0 Å². The third-order valence-corrected chi connectivity index (χ3v) is 4.11. The first-order valence-electron chi connectivity index (χ1n) is 5.99. The molecule has 0 radical (unpaired) electrons. The van der Waals surface area contributed by atoms with E-state index in [0.29, 0.717) is 6.04 Å². The highest BCUT2D eigenvalue weighted by Gasteiger charge is 2.27. The summed E-state index contributed by atoms with van der Waals surface area (Å²) in [5, 5.41) is 2.06. The van der Waals surface area contributed by atoms with Gasteiger partial charge in [-0.15, -0.1) is 11.3 Å². The third kappa shape index (κ3) is 2.13. The fourth-order valence-corrected chi connectivity index (χ4v) is 2.89. The van der Waals surface area contributed by atoms with Crippen molar-refractivity contribution in [3.63, 3.8) is 0 Å². The topological polar surface area (TPSA) is 43.3 Å². The summed E-state index contributed by atoms with van der Waals surface area (Å²) in [4.78, 5) is 5.67. The molecule has 2 N–H and O–H groups in total. The van der Waals surface area contributed by atoms with Crippen molar-refractivity contribution in [1.82, 2.24) is 9.38 Å². The summed E-state index contributed by atoms with van der Waals surface area (Å²) < 4.78 is 2.10. The Morgan fingerprint density at radius 2 is 2.44 bits per heavy atom. The van der Waals surface area contributed by atoms with E-state index in [1.807, 2.05) is 0 Å². The fourth-order valence-electron chi connectivity index (χ4n) is 2.18. The molecular weight excluding hydrogens is 218 g/mol. The third-order valence-electron chi connectivity index (χ3n) is 3.34. The quantitative estimate of drug-likeness (QED) is 0.865. The van der Waals surface area contributed by atoms with Crippen molar-refractivity contribution in [2.45, 2.75) is 38.1 Å². The van der Waals surface area contributed by atoms with E-state index >= 15 is 0 Å².